The minimum absolute atomic E-state index is 0.427. The SMILES string of the molecule is CC1(C)CNC1c1ccc2c(c1)CCCS2. The third-order valence-electron chi connectivity index (χ3n) is 3.81. The lowest BCUT2D eigenvalue weighted by molar-refractivity contribution is 0.128. The number of hydrogen-bond donors (Lipinski definition) is 1. The molecule has 0 saturated carbocycles. The summed E-state index contributed by atoms with van der Waals surface area (Å²) < 4.78 is 0. The molecule has 1 N–H and O–H groups in total. The Hall–Kier alpha value is -0.470. The molecule has 1 nitrogen and oxygen atoms in total. The first-order valence-electron chi connectivity index (χ1n) is 6.16. The van der Waals surface area contributed by atoms with Gasteiger partial charge in [0.25, 0.3) is 0 Å². The van der Waals surface area contributed by atoms with Gasteiger partial charge in [-0.1, -0.05) is 26.0 Å². The summed E-state index contributed by atoms with van der Waals surface area (Å²) >= 11 is 2.01. The van der Waals surface area contributed by atoms with E-state index in [9.17, 15) is 0 Å². The summed E-state index contributed by atoms with van der Waals surface area (Å²) in [6.07, 6.45) is 2.60. The molecule has 2 heterocycles. The average molecular weight is 233 g/mol. The van der Waals surface area contributed by atoms with Crippen molar-refractivity contribution in [2.75, 3.05) is 12.3 Å². The number of fused-ring (bicyclic) bond motifs is 1. The molecule has 2 heteroatoms. The molecule has 86 valence electrons. The van der Waals surface area contributed by atoms with Gasteiger partial charge in [0, 0.05) is 17.5 Å². The maximum atomic E-state index is 3.55. The lowest BCUT2D eigenvalue weighted by Gasteiger charge is -2.46. The van der Waals surface area contributed by atoms with E-state index in [-0.39, 0.29) is 0 Å². The molecule has 0 bridgehead atoms. The van der Waals surface area contributed by atoms with E-state index in [4.69, 9.17) is 0 Å². The van der Waals surface area contributed by atoms with Crippen LogP contribution in [0, 0.1) is 5.41 Å². The number of rotatable bonds is 1. The normalized spacial score (nSPS) is 27.0. The van der Waals surface area contributed by atoms with Crippen molar-refractivity contribution in [2.45, 2.75) is 37.6 Å². The minimum atomic E-state index is 0.427. The van der Waals surface area contributed by atoms with Crippen LogP contribution in [0.4, 0.5) is 0 Å². The zero-order valence-corrected chi connectivity index (χ0v) is 10.9. The van der Waals surface area contributed by atoms with Crippen LogP contribution in [0.15, 0.2) is 23.1 Å². The van der Waals surface area contributed by atoms with E-state index in [1.54, 1.807) is 5.56 Å². The van der Waals surface area contributed by atoms with Crippen LogP contribution in [0.3, 0.4) is 0 Å². The molecule has 1 fully saturated rings. The van der Waals surface area contributed by atoms with Gasteiger partial charge in [-0.25, -0.2) is 0 Å². The second-order valence-electron chi connectivity index (χ2n) is 5.62. The molecule has 0 aliphatic carbocycles. The van der Waals surface area contributed by atoms with E-state index in [0.29, 0.717) is 11.5 Å². The van der Waals surface area contributed by atoms with Gasteiger partial charge in [-0.05, 0) is 41.2 Å². The number of thioether (sulfide) groups is 1. The second kappa shape index (κ2) is 3.78. The van der Waals surface area contributed by atoms with E-state index in [1.807, 2.05) is 11.8 Å². The van der Waals surface area contributed by atoms with E-state index in [0.717, 1.165) is 6.54 Å². The Bertz CT molecular complexity index is 411. The zero-order chi connectivity index (χ0) is 11.2. The highest BCUT2D eigenvalue weighted by atomic mass is 32.2. The van der Waals surface area contributed by atoms with Crippen LogP contribution < -0.4 is 5.32 Å². The van der Waals surface area contributed by atoms with Crippen LogP contribution >= 0.6 is 11.8 Å². The zero-order valence-electron chi connectivity index (χ0n) is 10.0. The van der Waals surface area contributed by atoms with Gasteiger partial charge in [0.1, 0.15) is 0 Å². The fraction of sp³-hybridized carbons (Fsp3) is 0.571. The summed E-state index contributed by atoms with van der Waals surface area (Å²) in [6.45, 7) is 5.84. The van der Waals surface area contributed by atoms with Crippen molar-refractivity contribution in [1.82, 2.24) is 5.32 Å². The molecule has 1 atom stereocenters. The van der Waals surface area contributed by atoms with E-state index in [1.165, 1.54) is 29.1 Å². The van der Waals surface area contributed by atoms with Gasteiger partial charge in [0.2, 0.25) is 0 Å². The van der Waals surface area contributed by atoms with Gasteiger partial charge in [-0.2, -0.15) is 0 Å². The molecule has 0 radical (unpaired) electrons. The second-order valence-corrected chi connectivity index (χ2v) is 6.76. The number of nitrogens with one attached hydrogen (secondary N) is 1. The monoisotopic (exact) mass is 233 g/mol. The third-order valence-corrected chi connectivity index (χ3v) is 5.01. The average Bonchev–Trinajstić information content (AvgIpc) is 2.28. The first-order chi connectivity index (χ1) is 7.67. The van der Waals surface area contributed by atoms with Gasteiger partial charge in [-0.3, -0.25) is 0 Å². The van der Waals surface area contributed by atoms with Crippen molar-refractivity contribution >= 4 is 11.8 Å². The molecule has 0 aromatic heterocycles. The van der Waals surface area contributed by atoms with Gasteiger partial charge in [0.05, 0.1) is 0 Å². The molecular formula is C14H19NS. The molecule has 16 heavy (non-hydrogen) atoms. The highest BCUT2D eigenvalue weighted by molar-refractivity contribution is 7.99. The van der Waals surface area contributed by atoms with Crippen molar-refractivity contribution in [3.05, 3.63) is 29.3 Å². The molecule has 1 unspecified atom stereocenters. The number of benzene rings is 1. The van der Waals surface area contributed by atoms with Crippen molar-refractivity contribution in [3.63, 3.8) is 0 Å². The maximum Gasteiger partial charge on any atom is 0.0384 e. The summed E-state index contributed by atoms with van der Waals surface area (Å²) in [4.78, 5) is 1.51. The van der Waals surface area contributed by atoms with Crippen molar-refractivity contribution in [2.24, 2.45) is 5.41 Å². The number of aryl methyl sites for hydroxylation is 1. The maximum absolute atomic E-state index is 3.55. The highest BCUT2D eigenvalue weighted by Gasteiger charge is 2.39. The van der Waals surface area contributed by atoms with Gasteiger partial charge in [0.15, 0.2) is 0 Å². The lowest BCUT2D eigenvalue weighted by Crippen LogP contribution is -2.52. The third kappa shape index (κ3) is 1.68. The summed E-state index contributed by atoms with van der Waals surface area (Å²) in [5, 5.41) is 3.55. The molecule has 1 aromatic carbocycles. The van der Waals surface area contributed by atoms with Crippen LogP contribution in [0.1, 0.15) is 37.4 Å². The predicted molar refractivity (Wildman–Crippen MR) is 70.0 cm³/mol. The summed E-state index contributed by atoms with van der Waals surface area (Å²) in [7, 11) is 0. The topological polar surface area (TPSA) is 12.0 Å². The Labute approximate surface area is 102 Å². The first-order valence-corrected chi connectivity index (χ1v) is 7.14. The van der Waals surface area contributed by atoms with Gasteiger partial charge in [-0.15, -0.1) is 11.8 Å². The molecule has 0 amide bonds. The molecule has 3 rings (SSSR count). The van der Waals surface area contributed by atoms with E-state index >= 15 is 0 Å². The van der Waals surface area contributed by atoms with E-state index in [2.05, 4.69) is 37.4 Å². The van der Waals surface area contributed by atoms with Crippen LogP contribution in [0.25, 0.3) is 0 Å². The van der Waals surface area contributed by atoms with Gasteiger partial charge >= 0.3 is 0 Å². The molecule has 1 saturated heterocycles. The quantitative estimate of drug-likeness (QED) is 0.798. The summed E-state index contributed by atoms with van der Waals surface area (Å²) in [5.41, 5.74) is 3.48. The fourth-order valence-corrected chi connectivity index (χ4v) is 3.76. The molecule has 0 spiro atoms. The first kappa shape index (κ1) is 10.7. The Morgan fingerprint density at radius 1 is 1.38 bits per heavy atom. The molecule has 1 aromatic rings. The van der Waals surface area contributed by atoms with E-state index < -0.39 is 0 Å². The smallest absolute Gasteiger partial charge is 0.0384 e. The molecular weight excluding hydrogens is 214 g/mol. The fourth-order valence-electron chi connectivity index (χ4n) is 2.74. The van der Waals surface area contributed by atoms with Crippen molar-refractivity contribution in [1.29, 1.82) is 0 Å². The Kier molecular flexibility index (Phi) is 2.52. The highest BCUT2D eigenvalue weighted by Crippen LogP contribution is 2.41. The Morgan fingerprint density at radius 3 is 2.94 bits per heavy atom. The lowest BCUT2D eigenvalue weighted by atomic mass is 9.73. The molecule has 2 aliphatic heterocycles. The van der Waals surface area contributed by atoms with Crippen LogP contribution in [0.5, 0.6) is 0 Å². The summed E-state index contributed by atoms with van der Waals surface area (Å²) in [6, 6.07) is 7.63. The van der Waals surface area contributed by atoms with Gasteiger partial charge < -0.3 is 5.32 Å². The summed E-state index contributed by atoms with van der Waals surface area (Å²) in [5.74, 6) is 1.29. The van der Waals surface area contributed by atoms with Crippen LogP contribution in [0.2, 0.25) is 0 Å². The Morgan fingerprint density at radius 2 is 2.25 bits per heavy atom. The van der Waals surface area contributed by atoms with Crippen molar-refractivity contribution in [3.8, 4) is 0 Å². The molecule has 2 aliphatic rings. The predicted octanol–water partition coefficient (Wildman–Crippen LogP) is 3.40. The van der Waals surface area contributed by atoms with Crippen LogP contribution in [-0.2, 0) is 6.42 Å². The Balaban J connectivity index is 1.91. The standard InChI is InChI=1S/C14H19NS/c1-14(2)9-15-13(14)11-5-6-12-10(8-11)4-3-7-16-12/h5-6,8,13,15H,3-4,7,9H2,1-2H3. The number of hydrogen-bond acceptors (Lipinski definition) is 2. The van der Waals surface area contributed by atoms with Crippen molar-refractivity contribution < 1.29 is 0 Å². The minimum Gasteiger partial charge on any atom is -0.309 e. The van der Waals surface area contributed by atoms with Crippen LogP contribution in [-0.4, -0.2) is 12.3 Å². The largest absolute Gasteiger partial charge is 0.309 e.